The lowest BCUT2D eigenvalue weighted by Crippen LogP contribution is -1.82. The zero-order chi connectivity index (χ0) is 6.69. The van der Waals surface area contributed by atoms with E-state index in [0.29, 0.717) is 0 Å². The van der Waals surface area contributed by atoms with E-state index < -0.39 is 0 Å². The van der Waals surface area contributed by atoms with E-state index in [0.717, 1.165) is 6.42 Å². The molecular formula is C8H12BN. The lowest BCUT2D eigenvalue weighted by Gasteiger charge is -1.94. The van der Waals surface area contributed by atoms with Gasteiger partial charge in [0, 0.05) is 20.8 Å². The molecule has 1 rings (SSSR count). The molecule has 0 aliphatic carbocycles. The predicted molar refractivity (Wildman–Crippen MR) is 45.5 cm³/mol. The summed E-state index contributed by atoms with van der Waals surface area (Å²) in [4.78, 5) is 4.06. The minimum atomic E-state index is 0. The van der Waals surface area contributed by atoms with Crippen LogP contribution in [-0.2, 0) is 6.42 Å². The van der Waals surface area contributed by atoms with Crippen LogP contribution in [-0.4, -0.2) is 13.4 Å². The number of hydrogen-bond acceptors (Lipinski definition) is 1. The minimum absolute atomic E-state index is 0. The Balaban J connectivity index is 0.000000810. The second-order valence-electron chi connectivity index (χ2n) is 2.22. The molecule has 0 amide bonds. The molecule has 2 radical (unpaired) electrons. The lowest BCUT2D eigenvalue weighted by molar-refractivity contribution is 1.09. The van der Waals surface area contributed by atoms with Crippen LogP contribution in [0.15, 0.2) is 18.5 Å². The fourth-order valence-corrected chi connectivity index (χ4v) is 0.811. The van der Waals surface area contributed by atoms with E-state index in [-0.39, 0.29) is 8.41 Å². The Kier molecular flexibility index (Phi) is 3.78. The van der Waals surface area contributed by atoms with Crippen molar-refractivity contribution < 1.29 is 0 Å². The second kappa shape index (κ2) is 4.10. The van der Waals surface area contributed by atoms with Crippen LogP contribution in [0.3, 0.4) is 0 Å². The highest BCUT2D eigenvalue weighted by molar-refractivity contribution is 5.75. The maximum atomic E-state index is 4.06. The maximum Gasteiger partial charge on any atom is 0.0379 e. The van der Waals surface area contributed by atoms with E-state index in [1.54, 1.807) is 0 Å². The molecule has 52 valence electrons. The Hall–Kier alpha value is -0.785. The van der Waals surface area contributed by atoms with Crippen LogP contribution in [0.5, 0.6) is 0 Å². The van der Waals surface area contributed by atoms with E-state index in [2.05, 4.69) is 24.9 Å². The summed E-state index contributed by atoms with van der Waals surface area (Å²) in [5, 5.41) is 0. The first-order valence-corrected chi connectivity index (χ1v) is 3.23. The molecule has 0 unspecified atom stereocenters. The van der Waals surface area contributed by atoms with Gasteiger partial charge < -0.3 is 0 Å². The van der Waals surface area contributed by atoms with Crippen molar-refractivity contribution in [3.05, 3.63) is 29.6 Å². The Morgan fingerprint density at radius 3 is 2.50 bits per heavy atom. The van der Waals surface area contributed by atoms with Gasteiger partial charge in [0.2, 0.25) is 0 Å². The summed E-state index contributed by atoms with van der Waals surface area (Å²) < 4.78 is 0. The van der Waals surface area contributed by atoms with Gasteiger partial charge in [0.15, 0.2) is 0 Å². The first-order chi connectivity index (χ1) is 4.33. The Labute approximate surface area is 64.1 Å². The van der Waals surface area contributed by atoms with E-state index >= 15 is 0 Å². The van der Waals surface area contributed by atoms with E-state index in [1.165, 1.54) is 11.1 Å². The van der Waals surface area contributed by atoms with Crippen molar-refractivity contribution in [1.82, 2.24) is 4.98 Å². The van der Waals surface area contributed by atoms with Crippen molar-refractivity contribution in [1.29, 1.82) is 0 Å². The first kappa shape index (κ1) is 9.21. The van der Waals surface area contributed by atoms with Crippen LogP contribution in [0.25, 0.3) is 0 Å². The van der Waals surface area contributed by atoms with Gasteiger partial charge in [-0.25, -0.2) is 0 Å². The number of aryl methyl sites for hydroxylation is 2. The SMILES string of the molecule is CCc1cncc(C)c1.[BH]. The molecule has 0 bridgehead atoms. The van der Waals surface area contributed by atoms with Crippen LogP contribution in [0.1, 0.15) is 18.1 Å². The van der Waals surface area contributed by atoms with Crippen molar-refractivity contribution in [2.45, 2.75) is 20.3 Å². The monoisotopic (exact) mass is 133 g/mol. The highest BCUT2D eigenvalue weighted by Gasteiger charge is 1.87. The molecule has 10 heavy (non-hydrogen) atoms. The second-order valence-corrected chi connectivity index (χ2v) is 2.22. The number of aromatic nitrogens is 1. The third-order valence-electron chi connectivity index (χ3n) is 1.34. The van der Waals surface area contributed by atoms with Crippen molar-refractivity contribution in [3.63, 3.8) is 0 Å². The van der Waals surface area contributed by atoms with Crippen LogP contribution < -0.4 is 0 Å². The molecule has 1 heterocycles. The van der Waals surface area contributed by atoms with Gasteiger partial charge in [0.25, 0.3) is 0 Å². The Morgan fingerprint density at radius 1 is 1.40 bits per heavy atom. The summed E-state index contributed by atoms with van der Waals surface area (Å²) in [5.41, 5.74) is 2.56. The zero-order valence-electron chi connectivity index (χ0n) is 6.59. The Bertz CT molecular complexity index is 198. The van der Waals surface area contributed by atoms with Gasteiger partial charge in [-0.05, 0) is 24.5 Å². The van der Waals surface area contributed by atoms with Crippen LogP contribution >= 0.6 is 0 Å². The average Bonchev–Trinajstić information content (AvgIpc) is 1.88. The van der Waals surface area contributed by atoms with Gasteiger partial charge in [-0.2, -0.15) is 0 Å². The van der Waals surface area contributed by atoms with E-state index in [1.807, 2.05) is 12.4 Å². The molecule has 0 aliphatic rings. The fourth-order valence-electron chi connectivity index (χ4n) is 0.811. The highest BCUT2D eigenvalue weighted by Crippen LogP contribution is 2.00. The largest absolute Gasteiger partial charge is 0.264 e. The van der Waals surface area contributed by atoms with Crippen LogP contribution in [0, 0.1) is 6.92 Å². The molecule has 0 aliphatic heterocycles. The van der Waals surface area contributed by atoms with Crippen molar-refractivity contribution in [3.8, 4) is 0 Å². The summed E-state index contributed by atoms with van der Waals surface area (Å²) in [5.74, 6) is 0. The molecule has 1 nitrogen and oxygen atoms in total. The van der Waals surface area contributed by atoms with Gasteiger partial charge >= 0.3 is 0 Å². The fraction of sp³-hybridized carbons (Fsp3) is 0.375. The summed E-state index contributed by atoms with van der Waals surface area (Å²) in [6, 6.07) is 2.16. The average molecular weight is 133 g/mol. The van der Waals surface area contributed by atoms with Crippen LogP contribution in [0.4, 0.5) is 0 Å². The highest BCUT2D eigenvalue weighted by atomic mass is 14.6. The summed E-state index contributed by atoms with van der Waals surface area (Å²) in [7, 11) is 0. The molecule has 0 aromatic carbocycles. The van der Waals surface area contributed by atoms with E-state index in [9.17, 15) is 0 Å². The molecule has 0 spiro atoms. The predicted octanol–water partition coefficient (Wildman–Crippen LogP) is 1.30. The van der Waals surface area contributed by atoms with Crippen molar-refractivity contribution >= 4 is 8.41 Å². The number of hydrogen-bond donors (Lipinski definition) is 0. The topological polar surface area (TPSA) is 12.9 Å². The van der Waals surface area contributed by atoms with Gasteiger partial charge in [-0.15, -0.1) is 0 Å². The normalized spacial score (nSPS) is 8.60. The number of nitrogens with zero attached hydrogens (tertiary/aromatic N) is 1. The molecule has 2 heteroatoms. The molecule has 1 aromatic heterocycles. The summed E-state index contributed by atoms with van der Waals surface area (Å²) in [6.45, 7) is 4.20. The lowest BCUT2D eigenvalue weighted by atomic mass is 10.2. The number of pyridine rings is 1. The Morgan fingerprint density at radius 2 is 2.10 bits per heavy atom. The van der Waals surface area contributed by atoms with Crippen molar-refractivity contribution in [2.24, 2.45) is 0 Å². The standard InChI is InChI=1S/C8H11N.BH/c1-3-8-4-7(2)5-9-6-8;/h4-6H,3H2,1-2H3;1H. The quantitative estimate of drug-likeness (QED) is 0.526. The number of rotatable bonds is 1. The van der Waals surface area contributed by atoms with E-state index in [4.69, 9.17) is 0 Å². The zero-order valence-corrected chi connectivity index (χ0v) is 6.59. The van der Waals surface area contributed by atoms with Gasteiger partial charge in [-0.1, -0.05) is 13.0 Å². The minimum Gasteiger partial charge on any atom is -0.264 e. The smallest absolute Gasteiger partial charge is 0.0379 e. The van der Waals surface area contributed by atoms with Gasteiger partial charge in [-0.3, -0.25) is 4.98 Å². The van der Waals surface area contributed by atoms with Gasteiger partial charge in [0.05, 0.1) is 0 Å². The molecule has 1 aromatic rings. The molecule has 0 fully saturated rings. The molecule has 0 N–H and O–H groups in total. The van der Waals surface area contributed by atoms with Crippen LogP contribution in [0.2, 0.25) is 0 Å². The molecule has 0 saturated carbocycles. The maximum absolute atomic E-state index is 4.06. The third-order valence-corrected chi connectivity index (χ3v) is 1.34. The third kappa shape index (κ3) is 2.22. The molecule has 0 atom stereocenters. The van der Waals surface area contributed by atoms with Crippen molar-refractivity contribution in [2.75, 3.05) is 0 Å². The van der Waals surface area contributed by atoms with Gasteiger partial charge in [0.1, 0.15) is 0 Å². The summed E-state index contributed by atoms with van der Waals surface area (Å²) >= 11 is 0. The molecule has 0 saturated heterocycles. The first-order valence-electron chi connectivity index (χ1n) is 3.23. The molecular weight excluding hydrogens is 121 g/mol. The summed E-state index contributed by atoms with van der Waals surface area (Å²) in [6.07, 6.45) is 4.86.